The van der Waals surface area contributed by atoms with Crippen molar-refractivity contribution in [3.05, 3.63) is 0 Å². The number of carbonyl (C=O) groups is 2. The zero-order valence-corrected chi connectivity index (χ0v) is 14.2. The zero-order chi connectivity index (χ0) is 17.0. The van der Waals surface area contributed by atoms with Gasteiger partial charge in [-0.05, 0) is 40.0 Å². The van der Waals surface area contributed by atoms with Gasteiger partial charge in [0.2, 0.25) is 5.91 Å². The molecule has 128 valence electrons. The molecular formula is C16H26N4O3. The van der Waals surface area contributed by atoms with Crippen LogP contribution in [0.15, 0.2) is 0 Å². The van der Waals surface area contributed by atoms with E-state index in [1.54, 1.807) is 4.90 Å². The first-order valence-corrected chi connectivity index (χ1v) is 8.19. The summed E-state index contributed by atoms with van der Waals surface area (Å²) in [5.41, 5.74) is -0.513. The number of likely N-dealkylation sites (tertiary alicyclic amines) is 2. The fourth-order valence-corrected chi connectivity index (χ4v) is 3.05. The van der Waals surface area contributed by atoms with E-state index < -0.39 is 11.7 Å². The van der Waals surface area contributed by atoms with Gasteiger partial charge >= 0.3 is 6.09 Å². The summed E-state index contributed by atoms with van der Waals surface area (Å²) in [6.45, 7) is 7.86. The van der Waals surface area contributed by atoms with Crippen LogP contribution in [-0.2, 0) is 9.53 Å². The van der Waals surface area contributed by atoms with Gasteiger partial charge in [-0.25, -0.2) is 4.79 Å². The molecule has 7 heteroatoms. The fraction of sp³-hybridized carbons (Fsp3) is 0.812. The summed E-state index contributed by atoms with van der Waals surface area (Å²) in [6, 6.07) is 1.92. The molecule has 0 spiro atoms. The summed E-state index contributed by atoms with van der Waals surface area (Å²) >= 11 is 0. The highest BCUT2D eigenvalue weighted by Gasteiger charge is 2.32. The molecule has 2 aliphatic rings. The molecule has 0 radical (unpaired) electrons. The molecule has 0 bridgehead atoms. The van der Waals surface area contributed by atoms with Crippen LogP contribution >= 0.6 is 0 Å². The Balaban J connectivity index is 1.76. The first-order valence-electron chi connectivity index (χ1n) is 8.19. The van der Waals surface area contributed by atoms with Gasteiger partial charge in [-0.1, -0.05) is 0 Å². The molecule has 0 saturated carbocycles. The number of ether oxygens (including phenoxy) is 1. The Labute approximate surface area is 137 Å². The van der Waals surface area contributed by atoms with E-state index in [-0.39, 0.29) is 18.0 Å². The Morgan fingerprint density at radius 1 is 1.30 bits per heavy atom. The number of nitrogens with one attached hydrogen (secondary N) is 1. The summed E-state index contributed by atoms with van der Waals surface area (Å²) in [4.78, 5) is 27.8. The lowest BCUT2D eigenvalue weighted by molar-refractivity contribution is -0.132. The van der Waals surface area contributed by atoms with Crippen molar-refractivity contribution < 1.29 is 14.3 Å². The Morgan fingerprint density at radius 3 is 2.70 bits per heavy atom. The van der Waals surface area contributed by atoms with Gasteiger partial charge in [0.05, 0.1) is 12.6 Å². The average Bonchev–Trinajstić information content (AvgIpc) is 3.05. The van der Waals surface area contributed by atoms with Gasteiger partial charge in [0.1, 0.15) is 11.6 Å². The topological polar surface area (TPSA) is 85.7 Å². The minimum absolute atomic E-state index is 0.00277. The highest BCUT2D eigenvalue weighted by atomic mass is 16.6. The molecule has 2 heterocycles. The van der Waals surface area contributed by atoms with Crippen molar-refractivity contribution in [3.8, 4) is 6.07 Å². The SMILES string of the molecule is CC(C)(C)OC(=O)N[C@H]1CCN(CC(=O)N2CCC[C@H]2C#N)C1. The Hall–Kier alpha value is -1.81. The molecule has 0 aromatic heterocycles. The predicted molar refractivity (Wildman–Crippen MR) is 84.6 cm³/mol. The summed E-state index contributed by atoms with van der Waals surface area (Å²) in [5.74, 6) is 0.00645. The van der Waals surface area contributed by atoms with Gasteiger partial charge in [-0.15, -0.1) is 0 Å². The van der Waals surface area contributed by atoms with Gasteiger partial charge in [0, 0.05) is 25.7 Å². The Morgan fingerprint density at radius 2 is 2.04 bits per heavy atom. The predicted octanol–water partition coefficient (Wildman–Crippen LogP) is 1.10. The van der Waals surface area contributed by atoms with Crippen LogP contribution in [0.2, 0.25) is 0 Å². The number of hydrogen-bond acceptors (Lipinski definition) is 5. The first kappa shape index (κ1) is 17.5. The molecule has 1 N–H and O–H groups in total. The Bertz CT molecular complexity index is 495. The molecule has 2 saturated heterocycles. The maximum atomic E-state index is 12.3. The lowest BCUT2D eigenvalue weighted by Crippen LogP contribution is -2.44. The molecule has 0 aliphatic carbocycles. The minimum Gasteiger partial charge on any atom is -0.444 e. The van der Waals surface area contributed by atoms with Crippen LogP contribution in [0.5, 0.6) is 0 Å². The van der Waals surface area contributed by atoms with Crippen molar-refractivity contribution in [1.82, 2.24) is 15.1 Å². The van der Waals surface area contributed by atoms with Crippen LogP contribution in [0.3, 0.4) is 0 Å². The van der Waals surface area contributed by atoms with E-state index in [9.17, 15) is 9.59 Å². The van der Waals surface area contributed by atoms with Gasteiger partial charge in [0.15, 0.2) is 0 Å². The molecular weight excluding hydrogens is 296 g/mol. The third kappa shape index (κ3) is 5.10. The van der Waals surface area contributed by atoms with Crippen LogP contribution < -0.4 is 5.32 Å². The molecule has 2 aliphatic heterocycles. The molecule has 2 fully saturated rings. The third-order valence-corrected chi connectivity index (χ3v) is 4.07. The average molecular weight is 322 g/mol. The lowest BCUT2D eigenvalue weighted by Gasteiger charge is -2.24. The van der Waals surface area contributed by atoms with E-state index in [2.05, 4.69) is 11.4 Å². The summed E-state index contributed by atoms with van der Waals surface area (Å²) in [5, 5.41) is 11.9. The first-order chi connectivity index (χ1) is 10.8. The molecule has 0 aromatic carbocycles. The van der Waals surface area contributed by atoms with Crippen molar-refractivity contribution >= 4 is 12.0 Å². The highest BCUT2D eigenvalue weighted by molar-refractivity contribution is 5.79. The highest BCUT2D eigenvalue weighted by Crippen LogP contribution is 2.18. The Kier molecular flexibility index (Phi) is 5.47. The minimum atomic E-state index is -0.513. The van der Waals surface area contributed by atoms with Crippen molar-refractivity contribution in [2.24, 2.45) is 0 Å². The van der Waals surface area contributed by atoms with Gasteiger partial charge < -0.3 is 15.0 Å². The van der Waals surface area contributed by atoms with Crippen molar-refractivity contribution in [2.45, 2.75) is 57.7 Å². The van der Waals surface area contributed by atoms with E-state index in [1.165, 1.54) is 0 Å². The van der Waals surface area contributed by atoms with Crippen LogP contribution in [0.4, 0.5) is 4.79 Å². The summed E-state index contributed by atoms with van der Waals surface area (Å²) < 4.78 is 5.25. The fourth-order valence-electron chi connectivity index (χ4n) is 3.05. The lowest BCUT2D eigenvalue weighted by atomic mass is 10.2. The summed E-state index contributed by atoms with van der Waals surface area (Å²) in [7, 11) is 0. The standard InChI is InChI=1S/C16H26N4O3/c1-16(2,3)23-15(22)18-12-6-8-19(10-12)11-14(21)20-7-4-5-13(20)9-17/h12-13H,4-8,10-11H2,1-3H3,(H,18,22)/t12-,13-/m0/s1. The van der Waals surface area contributed by atoms with E-state index in [4.69, 9.17) is 10.00 Å². The number of nitriles is 1. The van der Waals surface area contributed by atoms with Crippen molar-refractivity contribution in [2.75, 3.05) is 26.2 Å². The molecule has 7 nitrogen and oxygen atoms in total. The molecule has 2 amide bonds. The molecule has 2 atom stereocenters. The summed E-state index contributed by atoms with van der Waals surface area (Å²) in [6.07, 6.45) is 2.05. The van der Waals surface area contributed by atoms with E-state index in [0.717, 1.165) is 25.8 Å². The van der Waals surface area contributed by atoms with Crippen molar-refractivity contribution in [3.63, 3.8) is 0 Å². The number of rotatable bonds is 3. The van der Waals surface area contributed by atoms with Crippen LogP contribution in [0, 0.1) is 11.3 Å². The number of carbonyl (C=O) groups excluding carboxylic acids is 2. The molecule has 2 rings (SSSR count). The quantitative estimate of drug-likeness (QED) is 0.841. The van der Waals surface area contributed by atoms with Gasteiger partial charge in [0.25, 0.3) is 0 Å². The third-order valence-electron chi connectivity index (χ3n) is 4.07. The van der Waals surface area contributed by atoms with Crippen LogP contribution in [-0.4, -0.2) is 65.7 Å². The molecule has 0 unspecified atom stereocenters. The van der Waals surface area contributed by atoms with Crippen LogP contribution in [0.1, 0.15) is 40.0 Å². The van der Waals surface area contributed by atoms with E-state index in [0.29, 0.717) is 19.6 Å². The number of alkyl carbamates (subject to hydrolysis) is 1. The monoisotopic (exact) mass is 322 g/mol. The molecule has 23 heavy (non-hydrogen) atoms. The van der Waals surface area contributed by atoms with Crippen molar-refractivity contribution in [1.29, 1.82) is 5.26 Å². The smallest absolute Gasteiger partial charge is 0.407 e. The van der Waals surface area contributed by atoms with E-state index >= 15 is 0 Å². The number of nitrogens with zero attached hydrogens (tertiary/aromatic N) is 3. The zero-order valence-electron chi connectivity index (χ0n) is 14.2. The van der Waals surface area contributed by atoms with Crippen LogP contribution in [0.25, 0.3) is 0 Å². The van der Waals surface area contributed by atoms with Gasteiger partial charge in [-0.3, -0.25) is 9.69 Å². The number of amides is 2. The van der Waals surface area contributed by atoms with E-state index in [1.807, 2.05) is 25.7 Å². The maximum absolute atomic E-state index is 12.3. The molecule has 0 aromatic rings. The number of hydrogen-bond donors (Lipinski definition) is 1. The second-order valence-electron chi connectivity index (χ2n) is 7.24. The normalized spacial score (nSPS) is 25.2. The second kappa shape index (κ2) is 7.18. The van der Waals surface area contributed by atoms with Gasteiger partial charge in [-0.2, -0.15) is 5.26 Å². The second-order valence-corrected chi connectivity index (χ2v) is 7.24. The largest absolute Gasteiger partial charge is 0.444 e. The maximum Gasteiger partial charge on any atom is 0.407 e.